The van der Waals surface area contributed by atoms with Crippen molar-refractivity contribution in [2.24, 2.45) is 0 Å². The lowest BCUT2D eigenvalue weighted by Crippen LogP contribution is -2.54. The minimum Gasteiger partial charge on any atom is -0.384 e. The van der Waals surface area contributed by atoms with Gasteiger partial charge in [-0.2, -0.15) is 0 Å². The molecule has 0 amide bonds. The van der Waals surface area contributed by atoms with Crippen LogP contribution in [0, 0.1) is 0 Å². The summed E-state index contributed by atoms with van der Waals surface area (Å²) in [7, 11) is 0. The summed E-state index contributed by atoms with van der Waals surface area (Å²) in [5.41, 5.74) is -1.07. The summed E-state index contributed by atoms with van der Waals surface area (Å²) < 4.78 is 11.8. The zero-order valence-corrected chi connectivity index (χ0v) is 9.46. The van der Waals surface area contributed by atoms with E-state index in [1.54, 1.807) is 0 Å². The van der Waals surface area contributed by atoms with Crippen molar-refractivity contribution < 1.29 is 14.6 Å². The van der Waals surface area contributed by atoms with Crippen molar-refractivity contribution in [1.29, 1.82) is 0 Å². The summed E-state index contributed by atoms with van der Waals surface area (Å²) in [6.07, 6.45) is 2.39. The standard InChI is InChI=1S/C11H20O3/c1-5-11-10(4,12)7-9(3,14-11)6-8(2)13-11/h8,12H,5-7H2,1-4H3/t8-,9+,10-,11+/m1/s1. The SMILES string of the molecule is CC[C@@]12O[C@H](C)C[C@@](C)(C[C@@]1(C)O)O2. The summed E-state index contributed by atoms with van der Waals surface area (Å²) in [6, 6.07) is 0. The molecule has 0 unspecified atom stereocenters. The largest absolute Gasteiger partial charge is 0.384 e. The van der Waals surface area contributed by atoms with Gasteiger partial charge in [0, 0.05) is 19.3 Å². The molecule has 0 spiro atoms. The molecule has 2 heterocycles. The topological polar surface area (TPSA) is 38.7 Å². The Morgan fingerprint density at radius 2 is 2.07 bits per heavy atom. The highest BCUT2D eigenvalue weighted by atomic mass is 16.7. The van der Waals surface area contributed by atoms with E-state index >= 15 is 0 Å². The molecule has 0 aromatic rings. The fourth-order valence-corrected chi connectivity index (χ4v) is 3.18. The molecule has 0 aliphatic carbocycles. The van der Waals surface area contributed by atoms with E-state index < -0.39 is 11.4 Å². The molecular weight excluding hydrogens is 180 g/mol. The van der Waals surface area contributed by atoms with Gasteiger partial charge in [0.25, 0.3) is 0 Å². The van der Waals surface area contributed by atoms with Crippen LogP contribution < -0.4 is 0 Å². The van der Waals surface area contributed by atoms with Crippen molar-refractivity contribution in [2.45, 2.75) is 70.1 Å². The van der Waals surface area contributed by atoms with Crippen molar-refractivity contribution in [2.75, 3.05) is 0 Å². The van der Waals surface area contributed by atoms with Gasteiger partial charge in [-0.15, -0.1) is 0 Å². The second-order valence-electron chi connectivity index (χ2n) is 5.24. The maximum Gasteiger partial charge on any atom is 0.197 e. The lowest BCUT2D eigenvalue weighted by molar-refractivity contribution is -0.343. The van der Waals surface area contributed by atoms with Crippen LogP contribution in [0.1, 0.15) is 47.0 Å². The fraction of sp³-hybridized carbons (Fsp3) is 1.00. The van der Waals surface area contributed by atoms with E-state index in [4.69, 9.17) is 9.47 Å². The first-order valence-corrected chi connectivity index (χ1v) is 5.43. The van der Waals surface area contributed by atoms with Crippen LogP contribution in [0.2, 0.25) is 0 Å². The molecule has 2 rings (SSSR count). The molecule has 4 atom stereocenters. The molecule has 2 fully saturated rings. The molecule has 2 bridgehead atoms. The Hall–Kier alpha value is -0.120. The maximum atomic E-state index is 10.3. The van der Waals surface area contributed by atoms with Gasteiger partial charge in [0.1, 0.15) is 5.60 Å². The van der Waals surface area contributed by atoms with E-state index in [-0.39, 0.29) is 11.7 Å². The Morgan fingerprint density at radius 3 is 2.64 bits per heavy atom. The summed E-state index contributed by atoms with van der Waals surface area (Å²) >= 11 is 0. The lowest BCUT2D eigenvalue weighted by Gasteiger charge is -2.43. The van der Waals surface area contributed by atoms with E-state index in [0.29, 0.717) is 12.8 Å². The van der Waals surface area contributed by atoms with Gasteiger partial charge in [0.2, 0.25) is 0 Å². The molecule has 2 aliphatic heterocycles. The third-order valence-electron chi connectivity index (χ3n) is 3.53. The number of ether oxygens (including phenoxy) is 2. The fourth-order valence-electron chi connectivity index (χ4n) is 3.18. The van der Waals surface area contributed by atoms with Gasteiger partial charge in [-0.05, 0) is 20.8 Å². The van der Waals surface area contributed by atoms with Crippen molar-refractivity contribution in [3.8, 4) is 0 Å². The zero-order valence-electron chi connectivity index (χ0n) is 9.46. The highest BCUT2D eigenvalue weighted by Crippen LogP contribution is 2.53. The Kier molecular flexibility index (Phi) is 2.02. The van der Waals surface area contributed by atoms with E-state index in [0.717, 1.165) is 6.42 Å². The maximum absolute atomic E-state index is 10.3. The van der Waals surface area contributed by atoms with E-state index in [1.807, 2.05) is 20.8 Å². The summed E-state index contributed by atoms with van der Waals surface area (Å²) in [6.45, 7) is 7.93. The van der Waals surface area contributed by atoms with E-state index in [2.05, 4.69) is 6.92 Å². The first-order chi connectivity index (χ1) is 6.33. The first-order valence-electron chi connectivity index (χ1n) is 5.43. The molecule has 3 heteroatoms. The Morgan fingerprint density at radius 1 is 1.43 bits per heavy atom. The van der Waals surface area contributed by atoms with Gasteiger partial charge >= 0.3 is 0 Å². The van der Waals surface area contributed by atoms with Gasteiger partial charge in [-0.25, -0.2) is 0 Å². The molecule has 1 N–H and O–H groups in total. The van der Waals surface area contributed by atoms with Crippen molar-refractivity contribution in [3.05, 3.63) is 0 Å². The Labute approximate surface area is 85.4 Å². The third kappa shape index (κ3) is 1.23. The van der Waals surface area contributed by atoms with Crippen LogP contribution in [-0.4, -0.2) is 28.2 Å². The van der Waals surface area contributed by atoms with Gasteiger partial charge < -0.3 is 14.6 Å². The minimum absolute atomic E-state index is 0.169. The zero-order chi connectivity index (χ0) is 10.6. The average Bonchev–Trinajstić information content (AvgIpc) is 2.13. The molecule has 0 radical (unpaired) electrons. The van der Waals surface area contributed by atoms with Gasteiger partial charge in [-0.1, -0.05) is 6.92 Å². The second kappa shape index (κ2) is 2.71. The number of hydrogen-bond acceptors (Lipinski definition) is 3. The molecule has 0 saturated carbocycles. The molecule has 2 aliphatic rings. The monoisotopic (exact) mass is 200 g/mol. The molecule has 82 valence electrons. The Balaban J connectivity index is 2.38. The molecule has 3 nitrogen and oxygen atoms in total. The van der Waals surface area contributed by atoms with E-state index in [9.17, 15) is 5.11 Å². The second-order valence-corrected chi connectivity index (χ2v) is 5.24. The molecule has 2 saturated heterocycles. The van der Waals surface area contributed by atoms with Gasteiger partial charge in [0.15, 0.2) is 5.79 Å². The van der Waals surface area contributed by atoms with E-state index in [1.165, 1.54) is 0 Å². The van der Waals surface area contributed by atoms with Crippen molar-refractivity contribution >= 4 is 0 Å². The number of fused-ring (bicyclic) bond motifs is 2. The third-order valence-corrected chi connectivity index (χ3v) is 3.53. The lowest BCUT2D eigenvalue weighted by atomic mass is 9.87. The summed E-state index contributed by atoms with van der Waals surface area (Å²) in [5.74, 6) is -0.778. The number of aliphatic hydroxyl groups is 1. The number of rotatable bonds is 1. The van der Waals surface area contributed by atoms with Crippen molar-refractivity contribution in [1.82, 2.24) is 0 Å². The van der Waals surface area contributed by atoms with Crippen LogP contribution in [0.3, 0.4) is 0 Å². The first kappa shape index (κ1) is 10.4. The molecular formula is C11H20O3. The minimum atomic E-state index is -0.860. The number of hydrogen-bond donors (Lipinski definition) is 1. The van der Waals surface area contributed by atoms with Crippen LogP contribution >= 0.6 is 0 Å². The molecule has 14 heavy (non-hydrogen) atoms. The predicted octanol–water partition coefficient (Wildman–Crippen LogP) is 1.83. The summed E-state index contributed by atoms with van der Waals surface area (Å²) in [5, 5.41) is 10.3. The van der Waals surface area contributed by atoms with Gasteiger partial charge in [0.05, 0.1) is 11.7 Å². The summed E-state index contributed by atoms with van der Waals surface area (Å²) in [4.78, 5) is 0. The van der Waals surface area contributed by atoms with Crippen LogP contribution in [-0.2, 0) is 9.47 Å². The highest BCUT2D eigenvalue weighted by molar-refractivity contribution is 5.07. The van der Waals surface area contributed by atoms with Crippen LogP contribution in [0.4, 0.5) is 0 Å². The van der Waals surface area contributed by atoms with Crippen LogP contribution in [0.5, 0.6) is 0 Å². The molecule has 0 aromatic carbocycles. The average molecular weight is 200 g/mol. The van der Waals surface area contributed by atoms with Crippen LogP contribution in [0.25, 0.3) is 0 Å². The molecule has 0 aromatic heterocycles. The smallest absolute Gasteiger partial charge is 0.197 e. The normalized spacial score (nSPS) is 57.6. The Bertz CT molecular complexity index is 251. The quantitative estimate of drug-likeness (QED) is 0.702. The van der Waals surface area contributed by atoms with Crippen molar-refractivity contribution in [3.63, 3.8) is 0 Å². The highest BCUT2D eigenvalue weighted by Gasteiger charge is 2.64. The van der Waals surface area contributed by atoms with Gasteiger partial charge in [-0.3, -0.25) is 0 Å². The predicted molar refractivity (Wildman–Crippen MR) is 52.9 cm³/mol. The van der Waals surface area contributed by atoms with Crippen LogP contribution in [0.15, 0.2) is 0 Å².